The number of benzene rings is 1. The minimum Gasteiger partial charge on any atom is -0.365 e. The number of hydrogen-bond donors (Lipinski definition) is 2. The van der Waals surface area contributed by atoms with Gasteiger partial charge in [-0.1, -0.05) is 61.7 Å². The van der Waals surface area contributed by atoms with E-state index in [-0.39, 0.29) is 5.91 Å². The molecule has 2 aliphatic heterocycles. The maximum absolute atomic E-state index is 11.7. The summed E-state index contributed by atoms with van der Waals surface area (Å²) in [5.74, 6) is 0.0755. The Morgan fingerprint density at radius 1 is 1.19 bits per heavy atom. The van der Waals surface area contributed by atoms with Crippen molar-refractivity contribution in [1.29, 1.82) is 0 Å². The minimum absolute atomic E-state index is 0.0755. The molecule has 0 unspecified atom stereocenters. The third kappa shape index (κ3) is 5.95. The Bertz CT molecular complexity index is 983. The van der Waals surface area contributed by atoms with Gasteiger partial charge in [-0.25, -0.2) is 0 Å². The van der Waals surface area contributed by atoms with Crippen LogP contribution in [0, 0.1) is 0 Å². The quantitative estimate of drug-likeness (QED) is 0.494. The second kappa shape index (κ2) is 10.7. The second-order valence-electron chi connectivity index (χ2n) is 8.70. The molecule has 2 N–H and O–H groups in total. The van der Waals surface area contributed by atoms with Gasteiger partial charge < -0.3 is 15.5 Å². The van der Waals surface area contributed by atoms with Gasteiger partial charge >= 0.3 is 0 Å². The number of fused-ring (bicyclic) bond motifs is 1. The fraction of sp³-hybridized carbons (Fsp3) is 0.370. The predicted molar refractivity (Wildman–Crippen MR) is 135 cm³/mol. The van der Waals surface area contributed by atoms with Crippen molar-refractivity contribution in [3.05, 3.63) is 83.2 Å². The first-order valence-corrected chi connectivity index (χ1v) is 12.0. The van der Waals surface area contributed by atoms with Crippen molar-refractivity contribution in [2.45, 2.75) is 57.4 Å². The summed E-state index contributed by atoms with van der Waals surface area (Å²) in [6, 6.07) is 6.66. The summed E-state index contributed by atoms with van der Waals surface area (Å²) >= 11 is 6.28. The van der Waals surface area contributed by atoms with Crippen LogP contribution >= 0.6 is 11.6 Å². The number of carbonyl (C=O) groups is 1. The smallest absolute Gasteiger partial charge is 0.224 e. The highest BCUT2D eigenvalue weighted by Crippen LogP contribution is 2.28. The highest BCUT2D eigenvalue weighted by Gasteiger charge is 2.21. The number of hydrogen-bond acceptors (Lipinski definition) is 3. The molecule has 1 aromatic carbocycles. The Morgan fingerprint density at radius 2 is 2.03 bits per heavy atom. The van der Waals surface area contributed by atoms with Crippen molar-refractivity contribution in [3.63, 3.8) is 0 Å². The standard InChI is InChI=1S/C27H32ClN3O/c1-20(29-23-15-13-21-14-17-27(32)30-26(21)19-23)12-16-25-11-5-7-22(28)8-6-18-31(25)24-9-3-2-4-10-24/h6-8,11-13,15-16,19,24,29H,1-5,9-10,14,17-18H2,(H,30,32)/b8-6-,16-12+,22-7+,25-11-. The van der Waals surface area contributed by atoms with E-state index in [1.165, 1.54) is 43.4 Å². The Labute approximate surface area is 196 Å². The molecule has 168 valence electrons. The van der Waals surface area contributed by atoms with Crippen molar-refractivity contribution < 1.29 is 4.79 Å². The first-order valence-electron chi connectivity index (χ1n) is 11.6. The normalized spacial score (nSPS) is 24.2. The number of halogens is 1. The largest absolute Gasteiger partial charge is 0.365 e. The van der Waals surface area contributed by atoms with E-state index in [2.05, 4.69) is 46.4 Å². The summed E-state index contributed by atoms with van der Waals surface area (Å²) in [6.07, 6.45) is 21.2. The number of rotatable bonds is 5. The van der Waals surface area contributed by atoms with E-state index in [1.807, 2.05) is 30.4 Å². The van der Waals surface area contributed by atoms with Crippen LogP contribution < -0.4 is 10.6 Å². The predicted octanol–water partition coefficient (Wildman–Crippen LogP) is 6.65. The number of anilines is 2. The molecule has 2 heterocycles. The molecule has 0 atom stereocenters. The molecule has 0 aromatic heterocycles. The number of allylic oxidation sites excluding steroid dienone is 6. The Hall–Kier alpha value is -2.72. The van der Waals surface area contributed by atoms with Crippen molar-refractivity contribution in [1.82, 2.24) is 4.90 Å². The van der Waals surface area contributed by atoms with E-state index < -0.39 is 0 Å². The van der Waals surface area contributed by atoms with Crippen LogP contribution in [-0.4, -0.2) is 23.4 Å². The van der Waals surface area contributed by atoms with Crippen molar-refractivity contribution in [2.75, 3.05) is 17.2 Å². The summed E-state index contributed by atoms with van der Waals surface area (Å²) in [5, 5.41) is 7.11. The van der Waals surface area contributed by atoms with Gasteiger partial charge in [0.1, 0.15) is 0 Å². The van der Waals surface area contributed by atoms with E-state index in [4.69, 9.17) is 11.6 Å². The zero-order valence-corrected chi connectivity index (χ0v) is 19.3. The van der Waals surface area contributed by atoms with E-state index in [9.17, 15) is 4.79 Å². The minimum atomic E-state index is 0.0755. The van der Waals surface area contributed by atoms with E-state index in [0.29, 0.717) is 12.5 Å². The van der Waals surface area contributed by atoms with Crippen LogP contribution in [0.1, 0.15) is 50.5 Å². The maximum Gasteiger partial charge on any atom is 0.224 e. The molecule has 4 rings (SSSR count). The second-order valence-corrected chi connectivity index (χ2v) is 9.14. The fourth-order valence-corrected chi connectivity index (χ4v) is 4.82. The van der Waals surface area contributed by atoms with Gasteiger partial charge in [0.15, 0.2) is 0 Å². The van der Waals surface area contributed by atoms with Gasteiger partial charge in [0.25, 0.3) is 0 Å². The summed E-state index contributed by atoms with van der Waals surface area (Å²) < 4.78 is 0. The molecule has 0 saturated heterocycles. The first-order chi connectivity index (χ1) is 15.6. The van der Waals surface area contributed by atoms with Crippen LogP contribution in [0.4, 0.5) is 11.4 Å². The van der Waals surface area contributed by atoms with Crippen LogP contribution in [0.25, 0.3) is 0 Å². The molecular formula is C27H32ClN3O. The van der Waals surface area contributed by atoms with E-state index >= 15 is 0 Å². The molecule has 1 amide bonds. The zero-order chi connectivity index (χ0) is 22.3. The molecule has 5 heteroatoms. The molecule has 1 aliphatic carbocycles. The van der Waals surface area contributed by atoms with E-state index in [0.717, 1.165) is 41.5 Å². The van der Waals surface area contributed by atoms with Gasteiger partial charge in [-0.15, -0.1) is 0 Å². The highest BCUT2D eigenvalue weighted by atomic mass is 35.5. The lowest BCUT2D eigenvalue weighted by Crippen LogP contribution is -2.35. The average Bonchev–Trinajstić information content (AvgIpc) is 2.88. The Morgan fingerprint density at radius 3 is 2.88 bits per heavy atom. The lowest BCUT2D eigenvalue weighted by Gasteiger charge is -2.36. The van der Waals surface area contributed by atoms with Crippen LogP contribution in [0.3, 0.4) is 0 Å². The molecule has 3 aliphatic rings. The zero-order valence-electron chi connectivity index (χ0n) is 18.6. The van der Waals surface area contributed by atoms with Crippen molar-refractivity contribution >= 4 is 28.9 Å². The third-order valence-electron chi connectivity index (χ3n) is 6.33. The molecular weight excluding hydrogens is 418 g/mol. The van der Waals surface area contributed by atoms with Gasteiger partial charge in [0.2, 0.25) is 5.91 Å². The monoisotopic (exact) mass is 449 g/mol. The van der Waals surface area contributed by atoms with E-state index in [1.54, 1.807) is 0 Å². The van der Waals surface area contributed by atoms with Crippen LogP contribution in [0.2, 0.25) is 0 Å². The molecule has 1 fully saturated rings. The van der Waals surface area contributed by atoms with Crippen molar-refractivity contribution in [2.24, 2.45) is 0 Å². The fourth-order valence-electron chi connectivity index (χ4n) is 4.64. The Balaban J connectivity index is 1.48. The summed E-state index contributed by atoms with van der Waals surface area (Å²) in [5.41, 5.74) is 5.01. The number of amides is 1. The van der Waals surface area contributed by atoms with Gasteiger partial charge in [0.05, 0.1) is 0 Å². The SMILES string of the molecule is C=C(/C=C/C1=C/C/C=C(Cl)\C=C/CN1C1CCCCC1)Nc1ccc2c(c1)NC(=O)CC2. The van der Waals surface area contributed by atoms with Gasteiger partial charge in [0, 0.05) is 46.8 Å². The molecule has 32 heavy (non-hydrogen) atoms. The molecule has 1 aromatic rings. The highest BCUT2D eigenvalue weighted by molar-refractivity contribution is 6.31. The summed E-state index contributed by atoms with van der Waals surface area (Å²) in [6.45, 7) is 5.05. The Kier molecular flexibility index (Phi) is 7.54. The van der Waals surface area contributed by atoms with Crippen molar-refractivity contribution in [3.8, 4) is 0 Å². The molecule has 0 radical (unpaired) electrons. The summed E-state index contributed by atoms with van der Waals surface area (Å²) in [7, 11) is 0. The van der Waals surface area contributed by atoms with Crippen LogP contribution in [0.5, 0.6) is 0 Å². The molecule has 4 nitrogen and oxygen atoms in total. The number of nitrogens with zero attached hydrogens (tertiary/aromatic N) is 1. The van der Waals surface area contributed by atoms with Crippen LogP contribution in [0.15, 0.2) is 77.7 Å². The maximum atomic E-state index is 11.7. The van der Waals surface area contributed by atoms with Gasteiger partial charge in [-0.3, -0.25) is 4.79 Å². The topological polar surface area (TPSA) is 44.4 Å². The lowest BCUT2D eigenvalue weighted by atomic mass is 9.93. The molecule has 0 bridgehead atoms. The number of carbonyl (C=O) groups excluding carboxylic acids is 1. The molecule has 0 spiro atoms. The lowest BCUT2D eigenvalue weighted by molar-refractivity contribution is -0.116. The van der Waals surface area contributed by atoms with Crippen LogP contribution in [-0.2, 0) is 11.2 Å². The van der Waals surface area contributed by atoms with Gasteiger partial charge in [-0.2, -0.15) is 0 Å². The number of aryl methyl sites for hydroxylation is 1. The van der Waals surface area contributed by atoms with Gasteiger partial charge in [-0.05, 0) is 61.6 Å². The first kappa shape index (κ1) is 22.5. The summed E-state index contributed by atoms with van der Waals surface area (Å²) in [4.78, 5) is 14.2. The average molecular weight is 450 g/mol. The number of nitrogens with one attached hydrogen (secondary N) is 2. The molecule has 1 saturated carbocycles. The third-order valence-corrected chi connectivity index (χ3v) is 6.61.